The van der Waals surface area contributed by atoms with E-state index in [-0.39, 0.29) is 0 Å². The molecule has 0 radical (unpaired) electrons. The van der Waals surface area contributed by atoms with Crippen LogP contribution < -0.4 is 5.32 Å². The summed E-state index contributed by atoms with van der Waals surface area (Å²) < 4.78 is 0. The number of anilines is 2. The molecule has 0 atom stereocenters. The molecule has 0 spiro atoms. The lowest BCUT2D eigenvalue weighted by molar-refractivity contribution is 1.42. The van der Waals surface area contributed by atoms with Gasteiger partial charge in [-0.25, -0.2) is 0 Å². The number of hydrogen-bond acceptors (Lipinski definition) is 3. The van der Waals surface area contributed by atoms with Gasteiger partial charge in [0.05, 0.1) is 16.3 Å². The minimum absolute atomic E-state index is 0.462. The number of halogens is 1. The lowest BCUT2D eigenvalue weighted by Crippen LogP contribution is -1.94. The van der Waals surface area contributed by atoms with E-state index < -0.39 is 0 Å². The number of rotatable bonds is 3. The fourth-order valence-corrected chi connectivity index (χ4v) is 2.27. The molecule has 0 bridgehead atoms. The Hall–Kier alpha value is -1.63. The summed E-state index contributed by atoms with van der Waals surface area (Å²) in [7, 11) is 0. The maximum Gasteiger partial charge on any atom is 0.103 e. The van der Waals surface area contributed by atoms with Gasteiger partial charge in [-0.2, -0.15) is 5.26 Å². The Kier molecular flexibility index (Phi) is 4.14. The Labute approximate surface area is 116 Å². The Morgan fingerprint density at radius 2 is 2.00 bits per heavy atom. The molecule has 18 heavy (non-hydrogen) atoms. The fraction of sp³-hybridized carbons (Fsp3) is 0.0714. The molecule has 0 fully saturated rings. The topological polar surface area (TPSA) is 35.8 Å². The van der Waals surface area contributed by atoms with Gasteiger partial charge in [0.25, 0.3) is 0 Å². The third-order valence-corrected chi connectivity index (χ3v) is 3.51. The molecule has 2 aromatic carbocycles. The molecule has 4 heteroatoms. The van der Waals surface area contributed by atoms with E-state index >= 15 is 0 Å². The molecule has 2 nitrogen and oxygen atoms in total. The van der Waals surface area contributed by atoms with Crippen LogP contribution in [0, 0.1) is 11.3 Å². The van der Waals surface area contributed by atoms with Crippen LogP contribution >= 0.6 is 23.4 Å². The minimum atomic E-state index is 0.462. The van der Waals surface area contributed by atoms with E-state index in [1.165, 1.54) is 4.90 Å². The van der Waals surface area contributed by atoms with E-state index in [9.17, 15) is 0 Å². The van der Waals surface area contributed by atoms with Gasteiger partial charge in [0.15, 0.2) is 0 Å². The van der Waals surface area contributed by atoms with Crippen LogP contribution in [0.5, 0.6) is 0 Å². The second kappa shape index (κ2) is 5.81. The van der Waals surface area contributed by atoms with Crippen molar-refractivity contribution in [1.82, 2.24) is 0 Å². The van der Waals surface area contributed by atoms with E-state index in [0.717, 1.165) is 11.4 Å². The Morgan fingerprint density at radius 1 is 1.22 bits per heavy atom. The molecule has 0 aromatic heterocycles. The zero-order valence-electron chi connectivity index (χ0n) is 9.77. The molecule has 2 aromatic rings. The number of benzene rings is 2. The van der Waals surface area contributed by atoms with Crippen molar-refractivity contribution >= 4 is 34.7 Å². The maximum atomic E-state index is 9.10. The van der Waals surface area contributed by atoms with Crippen LogP contribution in [-0.4, -0.2) is 6.26 Å². The molecule has 0 aliphatic rings. The molecular formula is C14H11ClN2S. The van der Waals surface area contributed by atoms with Crippen molar-refractivity contribution in [3.8, 4) is 6.07 Å². The molecule has 0 heterocycles. The number of nitrogens with one attached hydrogen (secondary N) is 1. The number of nitrogens with zero attached hydrogens (tertiary/aromatic N) is 1. The predicted molar refractivity (Wildman–Crippen MR) is 77.7 cm³/mol. The van der Waals surface area contributed by atoms with E-state index in [1.54, 1.807) is 17.8 Å². The average Bonchev–Trinajstić information content (AvgIpc) is 2.39. The molecule has 1 N–H and O–H groups in total. The molecule has 0 unspecified atom stereocenters. The highest BCUT2D eigenvalue weighted by molar-refractivity contribution is 7.98. The summed E-state index contributed by atoms with van der Waals surface area (Å²) in [5, 5.41) is 12.8. The average molecular weight is 275 g/mol. The van der Waals surface area contributed by atoms with Crippen LogP contribution in [0.25, 0.3) is 0 Å². The van der Waals surface area contributed by atoms with Crippen LogP contribution in [-0.2, 0) is 0 Å². The number of thioether (sulfide) groups is 1. The van der Waals surface area contributed by atoms with Crippen molar-refractivity contribution in [3.05, 3.63) is 53.1 Å². The molecule has 90 valence electrons. The first-order chi connectivity index (χ1) is 8.74. The second-order valence-electron chi connectivity index (χ2n) is 3.63. The van der Waals surface area contributed by atoms with Crippen molar-refractivity contribution in [2.24, 2.45) is 0 Å². The zero-order valence-corrected chi connectivity index (χ0v) is 11.3. The number of hydrogen-bond donors (Lipinski definition) is 1. The first-order valence-corrected chi connectivity index (χ1v) is 6.94. The second-order valence-corrected chi connectivity index (χ2v) is 4.92. The summed E-state index contributed by atoms with van der Waals surface area (Å²) >= 11 is 7.66. The van der Waals surface area contributed by atoms with Gasteiger partial charge in [0.1, 0.15) is 6.07 Å². The zero-order chi connectivity index (χ0) is 13.0. The van der Waals surface area contributed by atoms with Gasteiger partial charge in [-0.1, -0.05) is 23.7 Å². The Bertz CT molecular complexity index is 605. The number of nitriles is 1. The maximum absolute atomic E-state index is 9.10. The minimum Gasteiger partial charge on any atom is -0.354 e. The highest BCUT2D eigenvalue weighted by Gasteiger charge is 2.06. The quantitative estimate of drug-likeness (QED) is 0.826. The van der Waals surface area contributed by atoms with Crippen LogP contribution in [0.15, 0.2) is 47.4 Å². The first-order valence-electron chi connectivity index (χ1n) is 5.34. The van der Waals surface area contributed by atoms with E-state index in [1.807, 2.05) is 42.7 Å². The van der Waals surface area contributed by atoms with Gasteiger partial charge in [0, 0.05) is 10.6 Å². The van der Waals surface area contributed by atoms with Gasteiger partial charge in [-0.3, -0.25) is 0 Å². The molecule has 0 amide bonds. The largest absolute Gasteiger partial charge is 0.354 e. The Morgan fingerprint density at radius 3 is 2.72 bits per heavy atom. The van der Waals surface area contributed by atoms with Gasteiger partial charge in [-0.05, 0) is 36.6 Å². The Balaban J connectivity index is 2.34. The normalized spacial score (nSPS) is 9.83. The molecule has 0 saturated carbocycles. The summed E-state index contributed by atoms with van der Waals surface area (Å²) in [5.74, 6) is 0. The summed E-state index contributed by atoms with van der Waals surface area (Å²) in [6, 6.07) is 15.5. The monoisotopic (exact) mass is 274 g/mol. The van der Waals surface area contributed by atoms with Crippen LogP contribution in [0.4, 0.5) is 11.4 Å². The van der Waals surface area contributed by atoms with Gasteiger partial charge < -0.3 is 5.32 Å². The standard InChI is InChI=1S/C14H11ClN2S/c1-18-11-5-2-4-10(8-11)17-14-7-3-6-13(15)12(14)9-16/h2-8,17H,1H3. The molecule has 2 rings (SSSR count). The van der Waals surface area contributed by atoms with Crippen molar-refractivity contribution in [3.63, 3.8) is 0 Å². The van der Waals surface area contributed by atoms with E-state index in [0.29, 0.717) is 10.6 Å². The summed E-state index contributed by atoms with van der Waals surface area (Å²) in [6.07, 6.45) is 2.03. The van der Waals surface area contributed by atoms with Crippen LogP contribution in [0.2, 0.25) is 5.02 Å². The first kappa shape index (κ1) is 12.8. The van der Waals surface area contributed by atoms with Crippen molar-refractivity contribution in [2.45, 2.75) is 4.90 Å². The smallest absolute Gasteiger partial charge is 0.103 e. The van der Waals surface area contributed by atoms with E-state index in [2.05, 4.69) is 11.4 Å². The third kappa shape index (κ3) is 2.79. The highest BCUT2D eigenvalue weighted by Crippen LogP contribution is 2.27. The predicted octanol–water partition coefficient (Wildman–Crippen LogP) is 4.68. The SMILES string of the molecule is CSc1cccc(Nc2cccc(Cl)c2C#N)c1. The van der Waals surface area contributed by atoms with Crippen molar-refractivity contribution in [1.29, 1.82) is 5.26 Å². The van der Waals surface area contributed by atoms with Crippen LogP contribution in [0.3, 0.4) is 0 Å². The van der Waals surface area contributed by atoms with Gasteiger partial charge in [-0.15, -0.1) is 11.8 Å². The fourth-order valence-electron chi connectivity index (χ4n) is 1.60. The lowest BCUT2D eigenvalue weighted by Gasteiger charge is -2.09. The van der Waals surface area contributed by atoms with E-state index in [4.69, 9.17) is 16.9 Å². The molecule has 0 aliphatic carbocycles. The summed E-state index contributed by atoms with van der Waals surface area (Å²) in [4.78, 5) is 1.17. The molecule has 0 saturated heterocycles. The van der Waals surface area contributed by atoms with Crippen molar-refractivity contribution < 1.29 is 0 Å². The van der Waals surface area contributed by atoms with Crippen LogP contribution in [0.1, 0.15) is 5.56 Å². The highest BCUT2D eigenvalue weighted by atomic mass is 35.5. The van der Waals surface area contributed by atoms with Gasteiger partial charge >= 0.3 is 0 Å². The van der Waals surface area contributed by atoms with Crippen molar-refractivity contribution in [2.75, 3.05) is 11.6 Å². The summed E-state index contributed by atoms with van der Waals surface area (Å²) in [6.45, 7) is 0. The summed E-state index contributed by atoms with van der Waals surface area (Å²) in [5.41, 5.74) is 2.14. The molecule has 0 aliphatic heterocycles. The van der Waals surface area contributed by atoms with Gasteiger partial charge in [0.2, 0.25) is 0 Å². The lowest BCUT2D eigenvalue weighted by atomic mass is 10.2. The third-order valence-electron chi connectivity index (χ3n) is 2.47. The molecular weight excluding hydrogens is 264 g/mol.